The van der Waals surface area contributed by atoms with Crippen molar-refractivity contribution in [1.29, 1.82) is 0 Å². The number of hydrogen-bond donors (Lipinski definition) is 1. The lowest BCUT2D eigenvalue weighted by Crippen LogP contribution is -2.42. The van der Waals surface area contributed by atoms with Crippen molar-refractivity contribution in [2.24, 2.45) is 0 Å². The Hall–Kier alpha value is -0.120. The molecule has 0 radical (unpaired) electrons. The number of hydrogen-bond acceptors (Lipinski definition) is 3. The average molecular weight is 200 g/mol. The third-order valence-electron chi connectivity index (χ3n) is 2.93. The maximum atomic E-state index is 5.12. The molecule has 0 aromatic rings. The van der Waals surface area contributed by atoms with E-state index < -0.39 is 0 Å². The first kappa shape index (κ1) is 12.0. The molecule has 14 heavy (non-hydrogen) atoms. The standard InChI is InChI=1S/C11H24N2O/c1-10(2)13(7-8-14-3)9-11-5-4-6-12-11/h10-12H,4-9H2,1-3H3/t11-/m1/s1. The number of nitrogens with one attached hydrogen (secondary N) is 1. The molecule has 0 spiro atoms. The summed E-state index contributed by atoms with van der Waals surface area (Å²) in [5, 5.41) is 3.54. The highest BCUT2D eigenvalue weighted by atomic mass is 16.5. The third-order valence-corrected chi connectivity index (χ3v) is 2.93. The summed E-state index contributed by atoms with van der Waals surface area (Å²) in [6, 6.07) is 1.32. The molecule has 1 aliphatic heterocycles. The monoisotopic (exact) mass is 200 g/mol. The lowest BCUT2D eigenvalue weighted by Gasteiger charge is -2.28. The smallest absolute Gasteiger partial charge is 0.0589 e. The van der Waals surface area contributed by atoms with Crippen LogP contribution in [0.15, 0.2) is 0 Å². The summed E-state index contributed by atoms with van der Waals surface area (Å²) in [7, 11) is 1.77. The summed E-state index contributed by atoms with van der Waals surface area (Å²) in [6.07, 6.45) is 2.66. The topological polar surface area (TPSA) is 24.5 Å². The van der Waals surface area contributed by atoms with Crippen LogP contribution in [0.4, 0.5) is 0 Å². The van der Waals surface area contributed by atoms with Crippen LogP contribution in [0.5, 0.6) is 0 Å². The van der Waals surface area contributed by atoms with Crippen LogP contribution >= 0.6 is 0 Å². The van der Waals surface area contributed by atoms with Crippen molar-refractivity contribution >= 4 is 0 Å². The van der Waals surface area contributed by atoms with Gasteiger partial charge in [0.25, 0.3) is 0 Å². The lowest BCUT2D eigenvalue weighted by molar-refractivity contribution is 0.123. The second-order valence-corrected chi connectivity index (χ2v) is 4.37. The van der Waals surface area contributed by atoms with E-state index in [1.165, 1.54) is 25.9 Å². The predicted molar refractivity (Wildman–Crippen MR) is 59.6 cm³/mol. The fraction of sp³-hybridized carbons (Fsp3) is 1.00. The average Bonchev–Trinajstić information content (AvgIpc) is 2.64. The summed E-state index contributed by atoms with van der Waals surface area (Å²) >= 11 is 0. The van der Waals surface area contributed by atoms with E-state index in [2.05, 4.69) is 24.1 Å². The summed E-state index contributed by atoms with van der Waals surface area (Å²) < 4.78 is 5.12. The highest BCUT2D eigenvalue weighted by Gasteiger charge is 2.18. The number of ether oxygens (including phenoxy) is 1. The Morgan fingerprint density at radius 3 is 2.79 bits per heavy atom. The van der Waals surface area contributed by atoms with Gasteiger partial charge >= 0.3 is 0 Å². The zero-order valence-corrected chi connectivity index (χ0v) is 9.75. The van der Waals surface area contributed by atoms with Crippen molar-refractivity contribution in [1.82, 2.24) is 10.2 Å². The molecule has 0 aliphatic carbocycles. The van der Waals surface area contributed by atoms with Gasteiger partial charge in [-0.2, -0.15) is 0 Å². The number of nitrogens with zero attached hydrogens (tertiary/aromatic N) is 1. The third kappa shape index (κ3) is 3.95. The molecule has 1 heterocycles. The van der Waals surface area contributed by atoms with Crippen LogP contribution in [0.2, 0.25) is 0 Å². The largest absolute Gasteiger partial charge is 0.383 e. The van der Waals surface area contributed by atoms with Crippen molar-refractivity contribution in [3.05, 3.63) is 0 Å². The van der Waals surface area contributed by atoms with Crippen LogP contribution in [0.25, 0.3) is 0 Å². The van der Waals surface area contributed by atoms with Crippen molar-refractivity contribution < 1.29 is 4.74 Å². The van der Waals surface area contributed by atoms with Crippen molar-refractivity contribution in [2.45, 2.75) is 38.8 Å². The molecule has 1 N–H and O–H groups in total. The molecule has 1 atom stereocenters. The highest BCUT2D eigenvalue weighted by Crippen LogP contribution is 2.08. The Morgan fingerprint density at radius 1 is 1.50 bits per heavy atom. The molecule has 0 aromatic heterocycles. The number of rotatable bonds is 6. The van der Waals surface area contributed by atoms with Gasteiger partial charge in [-0.05, 0) is 33.2 Å². The summed E-state index contributed by atoms with van der Waals surface area (Å²) in [6.45, 7) is 8.76. The van der Waals surface area contributed by atoms with Gasteiger partial charge in [-0.1, -0.05) is 0 Å². The van der Waals surface area contributed by atoms with Crippen molar-refractivity contribution in [3.8, 4) is 0 Å². The van der Waals surface area contributed by atoms with Gasteiger partial charge in [0.05, 0.1) is 6.61 Å². The first-order valence-electron chi connectivity index (χ1n) is 5.70. The van der Waals surface area contributed by atoms with E-state index in [1.807, 2.05) is 0 Å². The molecular formula is C11H24N2O. The van der Waals surface area contributed by atoms with Crippen LogP contribution < -0.4 is 5.32 Å². The number of methoxy groups -OCH3 is 1. The Kier molecular flexibility index (Phi) is 5.45. The van der Waals surface area contributed by atoms with Crippen molar-refractivity contribution in [2.75, 3.05) is 33.4 Å². The fourth-order valence-corrected chi connectivity index (χ4v) is 1.96. The van der Waals surface area contributed by atoms with Gasteiger partial charge < -0.3 is 10.1 Å². The molecule has 0 saturated carbocycles. The first-order chi connectivity index (χ1) is 6.74. The molecule has 1 fully saturated rings. The van der Waals surface area contributed by atoms with Crippen LogP contribution in [-0.4, -0.2) is 50.3 Å². The Labute approximate surface area is 87.8 Å². The Balaban J connectivity index is 2.26. The second kappa shape index (κ2) is 6.38. The molecule has 1 rings (SSSR count). The molecule has 0 amide bonds. The van der Waals surface area contributed by atoms with Gasteiger partial charge in [-0.25, -0.2) is 0 Å². The van der Waals surface area contributed by atoms with Gasteiger partial charge in [0.2, 0.25) is 0 Å². The normalized spacial score (nSPS) is 22.5. The maximum Gasteiger partial charge on any atom is 0.0589 e. The predicted octanol–water partition coefficient (Wildman–Crippen LogP) is 1.10. The molecule has 3 nitrogen and oxygen atoms in total. The molecule has 0 unspecified atom stereocenters. The molecule has 1 saturated heterocycles. The molecule has 0 aromatic carbocycles. The van der Waals surface area contributed by atoms with E-state index in [1.54, 1.807) is 7.11 Å². The molecule has 1 aliphatic rings. The van der Waals surface area contributed by atoms with Gasteiger partial charge in [0.1, 0.15) is 0 Å². The van der Waals surface area contributed by atoms with E-state index in [9.17, 15) is 0 Å². The minimum absolute atomic E-state index is 0.618. The molecule has 3 heteroatoms. The Bertz CT molecular complexity index is 144. The molecule has 84 valence electrons. The van der Waals surface area contributed by atoms with Crippen LogP contribution in [-0.2, 0) is 4.74 Å². The summed E-state index contributed by atoms with van der Waals surface area (Å²) in [5.74, 6) is 0. The fourth-order valence-electron chi connectivity index (χ4n) is 1.96. The van der Waals surface area contributed by atoms with E-state index in [-0.39, 0.29) is 0 Å². The molecule has 0 bridgehead atoms. The SMILES string of the molecule is COCCN(C[C@H]1CCCN1)C(C)C. The van der Waals surface area contributed by atoms with Crippen molar-refractivity contribution in [3.63, 3.8) is 0 Å². The van der Waals surface area contributed by atoms with Crippen LogP contribution in [0, 0.1) is 0 Å². The van der Waals surface area contributed by atoms with E-state index >= 15 is 0 Å². The quantitative estimate of drug-likeness (QED) is 0.695. The highest BCUT2D eigenvalue weighted by molar-refractivity contribution is 4.79. The van der Waals surface area contributed by atoms with Crippen LogP contribution in [0.3, 0.4) is 0 Å². The molecular weight excluding hydrogens is 176 g/mol. The lowest BCUT2D eigenvalue weighted by atomic mass is 10.2. The van der Waals surface area contributed by atoms with Gasteiger partial charge in [0, 0.05) is 32.3 Å². The van der Waals surface area contributed by atoms with Crippen LogP contribution in [0.1, 0.15) is 26.7 Å². The van der Waals surface area contributed by atoms with E-state index in [4.69, 9.17) is 4.74 Å². The minimum Gasteiger partial charge on any atom is -0.383 e. The second-order valence-electron chi connectivity index (χ2n) is 4.37. The first-order valence-corrected chi connectivity index (χ1v) is 5.70. The minimum atomic E-state index is 0.618. The van der Waals surface area contributed by atoms with Gasteiger partial charge in [-0.15, -0.1) is 0 Å². The summed E-state index contributed by atoms with van der Waals surface area (Å²) in [4.78, 5) is 2.49. The van der Waals surface area contributed by atoms with E-state index in [0.29, 0.717) is 12.1 Å². The van der Waals surface area contributed by atoms with Gasteiger partial charge in [0.15, 0.2) is 0 Å². The zero-order valence-electron chi connectivity index (χ0n) is 9.75. The van der Waals surface area contributed by atoms with Gasteiger partial charge in [-0.3, -0.25) is 4.90 Å². The maximum absolute atomic E-state index is 5.12. The zero-order chi connectivity index (χ0) is 10.4. The summed E-state index contributed by atoms with van der Waals surface area (Å²) in [5.41, 5.74) is 0. The van der Waals surface area contributed by atoms with E-state index in [0.717, 1.165) is 13.2 Å². The Morgan fingerprint density at radius 2 is 2.29 bits per heavy atom.